The molecule has 1 rings (SSSR count). The number of ketones is 1. The second-order valence-electron chi connectivity index (χ2n) is 4.86. The average molecular weight is 220 g/mol. The Kier molecular flexibility index (Phi) is 3.74. The zero-order valence-corrected chi connectivity index (χ0v) is 10.7. The molecular formula is C14H20O2. The fourth-order valence-corrected chi connectivity index (χ4v) is 1.84. The fraction of sp³-hybridized carbons (Fsp3) is 0.500. The minimum Gasteiger partial charge on any atom is -0.507 e. The molecule has 0 aliphatic rings. The lowest BCUT2D eigenvalue weighted by Gasteiger charge is -2.13. The van der Waals surface area contributed by atoms with Crippen LogP contribution in [0.5, 0.6) is 5.75 Å². The Hall–Kier alpha value is -1.31. The molecule has 1 N–H and O–H groups in total. The highest BCUT2D eigenvalue weighted by atomic mass is 16.3. The van der Waals surface area contributed by atoms with E-state index in [4.69, 9.17) is 0 Å². The van der Waals surface area contributed by atoms with Gasteiger partial charge in [0.2, 0.25) is 0 Å². The molecule has 0 spiro atoms. The third-order valence-corrected chi connectivity index (χ3v) is 2.95. The standard InChI is InChI=1S/C14H20O2/c1-8(2)6-13(15)12-7-9(3)14(16)11(5)10(12)4/h7-8,16H,6H2,1-5H3. The first-order chi connectivity index (χ1) is 7.34. The number of phenols is 1. The second kappa shape index (κ2) is 4.69. The average Bonchev–Trinajstić information content (AvgIpc) is 2.19. The summed E-state index contributed by atoms with van der Waals surface area (Å²) in [4.78, 5) is 12.0. The summed E-state index contributed by atoms with van der Waals surface area (Å²) < 4.78 is 0. The van der Waals surface area contributed by atoms with Crippen molar-refractivity contribution in [3.63, 3.8) is 0 Å². The van der Waals surface area contributed by atoms with Gasteiger partial charge < -0.3 is 5.11 Å². The Morgan fingerprint density at radius 2 is 1.81 bits per heavy atom. The number of Topliss-reactive ketones (excluding diaryl/α,β-unsaturated/α-hetero) is 1. The molecule has 1 aromatic rings. The molecule has 88 valence electrons. The molecule has 0 unspecified atom stereocenters. The van der Waals surface area contributed by atoms with E-state index < -0.39 is 0 Å². The molecule has 0 fully saturated rings. The van der Waals surface area contributed by atoms with Gasteiger partial charge in [-0.3, -0.25) is 4.79 Å². The summed E-state index contributed by atoms with van der Waals surface area (Å²) in [5.74, 6) is 0.832. The van der Waals surface area contributed by atoms with Crippen LogP contribution >= 0.6 is 0 Å². The Labute approximate surface area is 97.3 Å². The normalized spacial score (nSPS) is 10.9. The fourth-order valence-electron chi connectivity index (χ4n) is 1.84. The zero-order chi connectivity index (χ0) is 12.5. The van der Waals surface area contributed by atoms with Crippen LogP contribution in [-0.4, -0.2) is 10.9 Å². The Morgan fingerprint density at radius 1 is 1.25 bits per heavy atom. The summed E-state index contributed by atoms with van der Waals surface area (Å²) in [6, 6.07) is 1.79. The van der Waals surface area contributed by atoms with Gasteiger partial charge in [0.25, 0.3) is 0 Å². The van der Waals surface area contributed by atoms with E-state index in [2.05, 4.69) is 0 Å². The number of hydrogen-bond acceptors (Lipinski definition) is 2. The van der Waals surface area contributed by atoms with E-state index in [1.165, 1.54) is 0 Å². The molecule has 0 amide bonds. The number of rotatable bonds is 3. The van der Waals surface area contributed by atoms with E-state index in [0.717, 1.165) is 22.3 Å². The maximum Gasteiger partial charge on any atom is 0.163 e. The Bertz CT molecular complexity index is 417. The number of carbonyl (C=O) groups excluding carboxylic acids is 1. The molecule has 0 aliphatic carbocycles. The van der Waals surface area contributed by atoms with Crippen LogP contribution in [0.2, 0.25) is 0 Å². The summed E-state index contributed by atoms with van der Waals surface area (Å²) in [6.45, 7) is 9.64. The molecule has 16 heavy (non-hydrogen) atoms. The van der Waals surface area contributed by atoms with E-state index in [9.17, 15) is 9.90 Å². The highest BCUT2D eigenvalue weighted by Crippen LogP contribution is 2.28. The molecule has 0 radical (unpaired) electrons. The maximum absolute atomic E-state index is 12.0. The van der Waals surface area contributed by atoms with E-state index >= 15 is 0 Å². The highest BCUT2D eigenvalue weighted by Gasteiger charge is 2.15. The monoisotopic (exact) mass is 220 g/mol. The van der Waals surface area contributed by atoms with Crippen LogP contribution in [-0.2, 0) is 0 Å². The highest BCUT2D eigenvalue weighted by molar-refractivity contribution is 5.98. The van der Waals surface area contributed by atoms with Crippen LogP contribution < -0.4 is 0 Å². The smallest absolute Gasteiger partial charge is 0.163 e. The van der Waals surface area contributed by atoms with Gasteiger partial charge in [0.15, 0.2) is 5.78 Å². The number of aromatic hydroxyl groups is 1. The molecule has 0 aromatic heterocycles. The van der Waals surface area contributed by atoms with Crippen LogP contribution in [0, 0.1) is 26.7 Å². The van der Waals surface area contributed by atoms with Crippen molar-refractivity contribution in [3.05, 3.63) is 28.3 Å². The van der Waals surface area contributed by atoms with Gasteiger partial charge in [-0.25, -0.2) is 0 Å². The van der Waals surface area contributed by atoms with Crippen LogP contribution in [0.15, 0.2) is 6.07 Å². The summed E-state index contributed by atoms with van der Waals surface area (Å²) in [5, 5.41) is 9.76. The van der Waals surface area contributed by atoms with Gasteiger partial charge in [0.1, 0.15) is 5.75 Å². The van der Waals surface area contributed by atoms with E-state index in [1.807, 2.05) is 34.6 Å². The van der Waals surface area contributed by atoms with Crippen LogP contribution in [0.25, 0.3) is 0 Å². The van der Waals surface area contributed by atoms with E-state index in [1.54, 1.807) is 6.07 Å². The molecule has 0 saturated carbocycles. The molecule has 0 saturated heterocycles. The topological polar surface area (TPSA) is 37.3 Å². The van der Waals surface area contributed by atoms with Crippen molar-refractivity contribution < 1.29 is 9.90 Å². The van der Waals surface area contributed by atoms with Gasteiger partial charge in [-0.1, -0.05) is 13.8 Å². The van der Waals surface area contributed by atoms with Gasteiger partial charge in [0, 0.05) is 12.0 Å². The minimum atomic E-state index is 0.165. The maximum atomic E-state index is 12.0. The number of aryl methyl sites for hydroxylation is 1. The van der Waals surface area contributed by atoms with Crippen molar-refractivity contribution in [2.75, 3.05) is 0 Å². The number of hydrogen-bond donors (Lipinski definition) is 1. The van der Waals surface area contributed by atoms with Crippen molar-refractivity contribution in [1.82, 2.24) is 0 Å². The summed E-state index contributed by atoms with van der Waals surface area (Å²) in [6.07, 6.45) is 0.560. The largest absolute Gasteiger partial charge is 0.507 e. The van der Waals surface area contributed by atoms with Crippen molar-refractivity contribution in [3.8, 4) is 5.75 Å². The first kappa shape index (κ1) is 12.8. The van der Waals surface area contributed by atoms with Crippen LogP contribution in [0.4, 0.5) is 0 Å². The number of carbonyl (C=O) groups is 1. The molecule has 0 atom stereocenters. The predicted octanol–water partition coefficient (Wildman–Crippen LogP) is 3.55. The Morgan fingerprint density at radius 3 is 2.31 bits per heavy atom. The quantitative estimate of drug-likeness (QED) is 0.791. The third-order valence-electron chi connectivity index (χ3n) is 2.95. The number of phenolic OH excluding ortho intramolecular Hbond substituents is 1. The van der Waals surface area contributed by atoms with Gasteiger partial charge in [0.05, 0.1) is 0 Å². The van der Waals surface area contributed by atoms with Crippen molar-refractivity contribution in [2.45, 2.75) is 41.0 Å². The van der Waals surface area contributed by atoms with Gasteiger partial charge in [-0.2, -0.15) is 0 Å². The molecule has 1 aromatic carbocycles. The molecule has 0 aliphatic heterocycles. The van der Waals surface area contributed by atoms with Gasteiger partial charge >= 0.3 is 0 Å². The lowest BCUT2D eigenvalue weighted by atomic mass is 9.92. The summed E-state index contributed by atoms with van der Waals surface area (Å²) in [7, 11) is 0. The SMILES string of the molecule is Cc1cc(C(=O)CC(C)C)c(C)c(C)c1O. The number of benzene rings is 1. The molecule has 0 heterocycles. The Balaban J connectivity index is 3.20. The zero-order valence-electron chi connectivity index (χ0n) is 10.7. The first-order valence-electron chi connectivity index (χ1n) is 5.67. The lowest BCUT2D eigenvalue weighted by molar-refractivity contribution is 0.0967. The van der Waals surface area contributed by atoms with Gasteiger partial charge in [-0.15, -0.1) is 0 Å². The van der Waals surface area contributed by atoms with Crippen molar-refractivity contribution in [2.24, 2.45) is 5.92 Å². The molecule has 0 bridgehead atoms. The molecule has 2 nitrogen and oxygen atoms in total. The van der Waals surface area contributed by atoms with E-state index in [0.29, 0.717) is 18.1 Å². The van der Waals surface area contributed by atoms with Crippen LogP contribution in [0.3, 0.4) is 0 Å². The van der Waals surface area contributed by atoms with E-state index in [-0.39, 0.29) is 5.78 Å². The molecular weight excluding hydrogens is 200 g/mol. The first-order valence-corrected chi connectivity index (χ1v) is 5.67. The predicted molar refractivity (Wildman–Crippen MR) is 66.1 cm³/mol. The lowest BCUT2D eigenvalue weighted by Crippen LogP contribution is -2.07. The third kappa shape index (κ3) is 2.43. The summed E-state index contributed by atoms with van der Waals surface area (Å²) >= 11 is 0. The van der Waals surface area contributed by atoms with Gasteiger partial charge in [-0.05, 0) is 49.4 Å². The van der Waals surface area contributed by atoms with Crippen molar-refractivity contribution in [1.29, 1.82) is 0 Å². The van der Waals surface area contributed by atoms with Crippen molar-refractivity contribution >= 4 is 5.78 Å². The van der Waals surface area contributed by atoms with Crippen LogP contribution in [0.1, 0.15) is 47.3 Å². The second-order valence-corrected chi connectivity index (χ2v) is 4.86. The summed E-state index contributed by atoms with van der Waals surface area (Å²) in [5.41, 5.74) is 3.23. The minimum absolute atomic E-state index is 0.165. The molecule has 2 heteroatoms.